The molecule has 0 fully saturated rings. The summed E-state index contributed by atoms with van der Waals surface area (Å²) in [6.45, 7) is 3.67. The Kier molecular flexibility index (Phi) is 14.0. The van der Waals surface area contributed by atoms with Crippen molar-refractivity contribution in [2.75, 3.05) is 6.54 Å². The Balaban J connectivity index is 3.04. The van der Waals surface area contributed by atoms with Gasteiger partial charge in [-0.15, -0.1) is 0 Å². The molecule has 0 aliphatic carbocycles. The molecule has 0 heterocycles. The predicted molar refractivity (Wildman–Crippen MR) is 143 cm³/mol. The van der Waals surface area contributed by atoms with E-state index in [-0.39, 0.29) is 44.1 Å². The first-order valence-electron chi connectivity index (χ1n) is 12.5. The van der Waals surface area contributed by atoms with Crippen LogP contribution in [0.5, 0.6) is 0 Å². The first-order chi connectivity index (χ1) is 18.3. The van der Waals surface area contributed by atoms with Crippen molar-refractivity contribution < 1.29 is 34.2 Å². The third-order valence-corrected chi connectivity index (χ3v) is 5.55. The van der Waals surface area contributed by atoms with Crippen LogP contribution in [0.4, 0.5) is 0 Å². The van der Waals surface area contributed by atoms with Crippen LogP contribution < -0.4 is 33.2 Å². The van der Waals surface area contributed by atoms with Crippen LogP contribution >= 0.6 is 0 Å². The third-order valence-electron chi connectivity index (χ3n) is 5.55. The number of nitrogens with two attached hydrogens (primary N) is 3. The topological polar surface area (TPSA) is 252 Å². The van der Waals surface area contributed by atoms with E-state index in [4.69, 9.17) is 17.2 Å². The second-order valence-electron chi connectivity index (χ2n) is 9.49. The van der Waals surface area contributed by atoms with Gasteiger partial charge in [-0.25, -0.2) is 4.79 Å². The number of hydrogen-bond acceptors (Lipinski definition) is 7. The first kappa shape index (κ1) is 32.8. The molecular formula is C25H39N7O7. The van der Waals surface area contributed by atoms with Crippen LogP contribution in [0.2, 0.25) is 0 Å². The zero-order valence-corrected chi connectivity index (χ0v) is 22.1. The fourth-order valence-electron chi connectivity index (χ4n) is 3.63. The summed E-state index contributed by atoms with van der Waals surface area (Å²) in [6, 6.07) is 3.92. The lowest BCUT2D eigenvalue weighted by Gasteiger charge is -2.25. The second-order valence-corrected chi connectivity index (χ2v) is 9.49. The number of benzene rings is 1. The molecule has 0 spiro atoms. The molecule has 0 aliphatic rings. The van der Waals surface area contributed by atoms with Crippen molar-refractivity contribution in [2.45, 2.75) is 70.1 Å². The second kappa shape index (κ2) is 16.6. The minimum atomic E-state index is -1.60. The molecular weight excluding hydrogens is 510 g/mol. The van der Waals surface area contributed by atoms with Gasteiger partial charge in [-0.2, -0.15) is 0 Å². The lowest BCUT2D eigenvalue weighted by Crippen LogP contribution is -2.57. The van der Waals surface area contributed by atoms with Gasteiger partial charge in [0.15, 0.2) is 5.96 Å². The van der Waals surface area contributed by atoms with Crippen LogP contribution in [0.1, 0.15) is 45.1 Å². The van der Waals surface area contributed by atoms with Gasteiger partial charge in [-0.1, -0.05) is 44.2 Å². The van der Waals surface area contributed by atoms with Crippen LogP contribution in [0.15, 0.2) is 35.3 Å². The number of carbonyl (C=O) groups is 5. The average molecular weight is 550 g/mol. The van der Waals surface area contributed by atoms with Gasteiger partial charge in [-0.05, 0) is 37.2 Å². The van der Waals surface area contributed by atoms with E-state index in [0.717, 1.165) is 5.56 Å². The van der Waals surface area contributed by atoms with Crippen LogP contribution in [0, 0.1) is 5.92 Å². The van der Waals surface area contributed by atoms with E-state index >= 15 is 0 Å². The van der Waals surface area contributed by atoms with Crippen molar-refractivity contribution in [2.24, 2.45) is 28.1 Å². The SMILES string of the molecule is CC(C)CC(NC(=O)C(CC(=O)O)NC(=O)C(CCCN=C(N)N)NC(=O)C(N)Cc1ccccc1)C(=O)O. The number of carboxylic acid groups (broad SMARTS) is 2. The molecule has 0 saturated carbocycles. The van der Waals surface area contributed by atoms with Gasteiger partial charge >= 0.3 is 11.9 Å². The number of amides is 3. The Morgan fingerprint density at radius 2 is 1.44 bits per heavy atom. The van der Waals surface area contributed by atoms with Gasteiger partial charge in [-0.3, -0.25) is 24.2 Å². The quantitative estimate of drug-likeness (QED) is 0.0645. The van der Waals surface area contributed by atoms with Gasteiger partial charge < -0.3 is 43.4 Å². The Hall–Kier alpha value is -4.20. The minimum Gasteiger partial charge on any atom is -0.481 e. The highest BCUT2D eigenvalue weighted by Gasteiger charge is 2.31. The highest BCUT2D eigenvalue weighted by atomic mass is 16.4. The number of aliphatic imine (C=N–C) groups is 1. The molecule has 14 nitrogen and oxygen atoms in total. The summed E-state index contributed by atoms with van der Waals surface area (Å²) >= 11 is 0. The van der Waals surface area contributed by atoms with Crippen LogP contribution in [0.25, 0.3) is 0 Å². The van der Waals surface area contributed by atoms with E-state index in [1.165, 1.54) is 0 Å². The van der Waals surface area contributed by atoms with Crippen molar-refractivity contribution in [1.29, 1.82) is 0 Å². The third kappa shape index (κ3) is 13.2. The van der Waals surface area contributed by atoms with E-state index in [2.05, 4.69) is 20.9 Å². The molecule has 0 aliphatic heterocycles. The number of aliphatic carboxylic acids is 2. The van der Waals surface area contributed by atoms with Crippen LogP contribution in [0.3, 0.4) is 0 Å². The fraction of sp³-hybridized carbons (Fsp3) is 0.520. The highest BCUT2D eigenvalue weighted by molar-refractivity contribution is 5.95. The lowest BCUT2D eigenvalue weighted by atomic mass is 10.0. The number of nitrogens with one attached hydrogen (secondary N) is 3. The summed E-state index contributed by atoms with van der Waals surface area (Å²) < 4.78 is 0. The van der Waals surface area contributed by atoms with Crippen molar-refractivity contribution >= 4 is 35.6 Å². The summed E-state index contributed by atoms with van der Waals surface area (Å²) in [5.41, 5.74) is 17.5. The maximum atomic E-state index is 13.1. The zero-order valence-electron chi connectivity index (χ0n) is 22.1. The maximum absolute atomic E-state index is 13.1. The number of rotatable bonds is 17. The van der Waals surface area contributed by atoms with Crippen molar-refractivity contribution in [1.82, 2.24) is 16.0 Å². The summed E-state index contributed by atoms with van der Waals surface area (Å²) in [5.74, 6) is -5.40. The minimum absolute atomic E-state index is 0.0406. The molecule has 11 N–H and O–H groups in total. The molecule has 216 valence electrons. The fourth-order valence-corrected chi connectivity index (χ4v) is 3.63. The number of guanidine groups is 1. The summed E-state index contributed by atoms with van der Waals surface area (Å²) in [6.07, 6.45) is -0.217. The molecule has 39 heavy (non-hydrogen) atoms. The Morgan fingerprint density at radius 1 is 0.872 bits per heavy atom. The number of nitrogens with zero attached hydrogens (tertiary/aromatic N) is 1. The molecule has 3 amide bonds. The molecule has 0 saturated heterocycles. The lowest BCUT2D eigenvalue weighted by molar-refractivity contribution is -0.144. The normalized spacial score (nSPS) is 13.8. The predicted octanol–water partition coefficient (Wildman–Crippen LogP) is -1.33. The Morgan fingerprint density at radius 3 is 1.97 bits per heavy atom. The molecule has 0 bridgehead atoms. The van der Waals surface area contributed by atoms with Gasteiger partial charge in [0, 0.05) is 6.54 Å². The van der Waals surface area contributed by atoms with Gasteiger partial charge in [0.05, 0.1) is 12.5 Å². The van der Waals surface area contributed by atoms with Crippen LogP contribution in [-0.2, 0) is 30.4 Å². The zero-order chi connectivity index (χ0) is 29.5. The van der Waals surface area contributed by atoms with E-state index in [1.807, 2.05) is 6.07 Å². The van der Waals surface area contributed by atoms with Crippen molar-refractivity contribution in [3.05, 3.63) is 35.9 Å². The van der Waals surface area contributed by atoms with Crippen molar-refractivity contribution in [3.8, 4) is 0 Å². The van der Waals surface area contributed by atoms with Crippen LogP contribution in [-0.4, -0.2) is 76.5 Å². The number of hydrogen-bond donors (Lipinski definition) is 8. The number of carboxylic acids is 2. The molecule has 0 radical (unpaired) electrons. The molecule has 1 aromatic carbocycles. The summed E-state index contributed by atoms with van der Waals surface area (Å²) in [5, 5.41) is 25.9. The average Bonchev–Trinajstić information content (AvgIpc) is 2.84. The van der Waals surface area contributed by atoms with Gasteiger partial charge in [0.25, 0.3) is 0 Å². The summed E-state index contributed by atoms with van der Waals surface area (Å²) in [7, 11) is 0. The standard InChI is InChI=1S/C25H39N7O7/c1-14(2)11-19(24(38)39)32-23(37)18(13-20(33)34)31-22(36)17(9-6-10-29-25(27)28)30-21(35)16(26)12-15-7-4-3-5-8-15/h3-5,7-8,14,16-19H,6,9-13,26H2,1-2H3,(H,30,35)(H,31,36)(H,32,37)(H,33,34)(H,38,39)(H4,27,28,29). The largest absolute Gasteiger partial charge is 0.481 e. The molecule has 4 unspecified atom stereocenters. The highest BCUT2D eigenvalue weighted by Crippen LogP contribution is 2.08. The molecule has 1 aromatic rings. The molecule has 0 aromatic heterocycles. The molecule has 1 rings (SSSR count). The summed E-state index contributed by atoms with van der Waals surface area (Å²) in [4.78, 5) is 65.5. The van der Waals surface area contributed by atoms with E-state index in [0.29, 0.717) is 0 Å². The maximum Gasteiger partial charge on any atom is 0.326 e. The smallest absolute Gasteiger partial charge is 0.326 e. The molecule has 14 heteroatoms. The first-order valence-corrected chi connectivity index (χ1v) is 12.5. The Labute approximate surface area is 226 Å². The molecule has 4 atom stereocenters. The Bertz CT molecular complexity index is 1010. The van der Waals surface area contributed by atoms with Gasteiger partial charge in [0.2, 0.25) is 17.7 Å². The van der Waals surface area contributed by atoms with E-state index in [1.54, 1.807) is 38.1 Å². The van der Waals surface area contributed by atoms with E-state index in [9.17, 15) is 34.2 Å². The number of carbonyl (C=O) groups excluding carboxylic acids is 3. The van der Waals surface area contributed by atoms with Gasteiger partial charge in [0.1, 0.15) is 18.1 Å². The monoisotopic (exact) mass is 549 g/mol. The van der Waals surface area contributed by atoms with Crippen molar-refractivity contribution in [3.63, 3.8) is 0 Å². The van der Waals surface area contributed by atoms with E-state index < -0.39 is 60.2 Å².